The third-order valence-corrected chi connectivity index (χ3v) is 4.81. The Kier molecular flexibility index (Phi) is 5.56. The Hall–Kier alpha value is -2.82. The van der Waals surface area contributed by atoms with Crippen LogP contribution in [0.15, 0.2) is 48.5 Å². The van der Waals surface area contributed by atoms with E-state index in [1.807, 2.05) is 42.5 Å². The fraction of sp³-hybridized carbons (Fsp3) is 0.333. The second-order valence-electron chi connectivity index (χ2n) is 6.56. The smallest absolute Gasteiger partial charge is 0.305 e. The van der Waals surface area contributed by atoms with Crippen molar-refractivity contribution in [1.82, 2.24) is 4.90 Å². The van der Waals surface area contributed by atoms with E-state index in [-0.39, 0.29) is 18.4 Å². The number of amides is 1. The standard InChI is InChI=1S/C21H23NO4/c1-26-19-10-5-7-16(13-19)15-6-4-8-17(12-15)21(25)22-11-3-2-9-18(22)14-20(23)24/h4-8,10,12-13,18H,2-3,9,11,14H2,1H3,(H,23,24)/t18-/m0/s1. The molecule has 1 fully saturated rings. The van der Waals surface area contributed by atoms with Crippen LogP contribution in [0.1, 0.15) is 36.0 Å². The molecule has 136 valence electrons. The van der Waals surface area contributed by atoms with Gasteiger partial charge in [0.25, 0.3) is 5.91 Å². The molecule has 5 heteroatoms. The van der Waals surface area contributed by atoms with Crippen molar-refractivity contribution in [1.29, 1.82) is 0 Å². The van der Waals surface area contributed by atoms with Crippen LogP contribution >= 0.6 is 0 Å². The van der Waals surface area contributed by atoms with Crippen molar-refractivity contribution in [2.24, 2.45) is 0 Å². The molecule has 26 heavy (non-hydrogen) atoms. The van der Waals surface area contributed by atoms with Crippen LogP contribution in [0.25, 0.3) is 11.1 Å². The molecule has 2 aromatic carbocycles. The van der Waals surface area contributed by atoms with Gasteiger partial charge in [-0.05, 0) is 54.7 Å². The summed E-state index contributed by atoms with van der Waals surface area (Å²) in [5.41, 5.74) is 2.49. The third kappa shape index (κ3) is 4.04. The van der Waals surface area contributed by atoms with Gasteiger partial charge < -0.3 is 14.7 Å². The van der Waals surface area contributed by atoms with Crippen molar-refractivity contribution >= 4 is 11.9 Å². The number of carboxylic acids is 1. The zero-order chi connectivity index (χ0) is 18.5. The molecule has 2 aromatic rings. The normalized spacial score (nSPS) is 17.0. The van der Waals surface area contributed by atoms with Crippen molar-refractivity contribution < 1.29 is 19.4 Å². The number of hydrogen-bond donors (Lipinski definition) is 1. The van der Waals surface area contributed by atoms with E-state index in [4.69, 9.17) is 9.84 Å². The highest BCUT2D eigenvalue weighted by Crippen LogP contribution is 2.27. The highest BCUT2D eigenvalue weighted by molar-refractivity contribution is 5.96. The van der Waals surface area contributed by atoms with E-state index in [0.717, 1.165) is 36.1 Å². The Morgan fingerprint density at radius 1 is 1.12 bits per heavy atom. The van der Waals surface area contributed by atoms with Crippen LogP contribution in [0.3, 0.4) is 0 Å². The largest absolute Gasteiger partial charge is 0.497 e. The van der Waals surface area contributed by atoms with Crippen LogP contribution in [0, 0.1) is 0 Å². The molecular weight excluding hydrogens is 330 g/mol. The molecule has 0 bridgehead atoms. The number of carbonyl (C=O) groups excluding carboxylic acids is 1. The summed E-state index contributed by atoms with van der Waals surface area (Å²) < 4.78 is 5.27. The number of nitrogens with zero attached hydrogens (tertiary/aromatic N) is 1. The number of methoxy groups -OCH3 is 1. The Balaban J connectivity index is 1.86. The van der Waals surface area contributed by atoms with Gasteiger partial charge in [-0.2, -0.15) is 0 Å². The number of piperidine rings is 1. The number of carboxylic acid groups (broad SMARTS) is 1. The molecule has 0 aliphatic carbocycles. The minimum atomic E-state index is -0.861. The topological polar surface area (TPSA) is 66.8 Å². The molecule has 1 heterocycles. The number of aliphatic carboxylic acids is 1. The van der Waals surface area contributed by atoms with Gasteiger partial charge in [0.05, 0.1) is 13.5 Å². The first-order valence-corrected chi connectivity index (χ1v) is 8.86. The fourth-order valence-electron chi connectivity index (χ4n) is 3.48. The summed E-state index contributed by atoms with van der Waals surface area (Å²) in [5, 5.41) is 9.13. The zero-order valence-electron chi connectivity index (χ0n) is 14.9. The maximum absolute atomic E-state index is 13.0. The predicted octanol–water partition coefficient (Wildman–Crippen LogP) is 3.83. The molecule has 0 spiro atoms. The van der Waals surface area contributed by atoms with E-state index in [0.29, 0.717) is 12.1 Å². The predicted molar refractivity (Wildman–Crippen MR) is 99.4 cm³/mol. The molecule has 0 unspecified atom stereocenters. The number of ether oxygens (including phenoxy) is 1. The zero-order valence-corrected chi connectivity index (χ0v) is 14.9. The van der Waals surface area contributed by atoms with Crippen LogP contribution in [0.2, 0.25) is 0 Å². The van der Waals surface area contributed by atoms with Gasteiger partial charge in [0.15, 0.2) is 0 Å². The first kappa shape index (κ1) is 18.0. The lowest BCUT2D eigenvalue weighted by Gasteiger charge is -2.35. The first-order valence-electron chi connectivity index (χ1n) is 8.86. The number of carbonyl (C=O) groups is 2. The molecule has 1 amide bonds. The van der Waals surface area contributed by atoms with Crippen LogP contribution in [-0.4, -0.2) is 41.6 Å². The maximum atomic E-state index is 13.0. The van der Waals surface area contributed by atoms with E-state index >= 15 is 0 Å². The molecule has 0 radical (unpaired) electrons. The van der Waals surface area contributed by atoms with Gasteiger partial charge in [-0.15, -0.1) is 0 Å². The van der Waals surface area contributed by atoms with Crippen LogP contribution in [0.5, 0.6) is 5.75 Å². The van der Waals surface area contributed by atoms with E-state index in [1.165, 1.54) is 0 Å². The second-order valence-corrected chi connectivity index (χ2v) is 6.56. The molecule has 1 saturated heterocycles. The van der Waals surface area contributed by atoms with Crippen molar-refractivity contribution in [3.8, 4) is 16.9 Å². The van der Waals surface area contributed by atoms with Crippen LogP contribution in [-0.2, 0) is 4.79 Å². The number of rotatable bonds is 5. The van der Waals surface area contributed by atoms with Crippen molar-refractivity contribution in [2.75, 3.05) is 13.7 Å². The Labute approximate surface area is 153 Å². The molecule has 5 nitrogen and oxygen atoms in total. The summed E-state index contributed by atoms with van der Waals surface area (Å²) >= 11 is 0. The van der Waals surface area contributed by atoms with Gasteiger partial charge in [0.2, 0.25) is 0 Å². The lowest BCUT2D eigenvalue weighted by molar-refractivity contribution is -0.138. The number of benzene rings is 2. The molecule has 3 rings (SSSR count). The van der Waals surface area contributed by atoms with Gasteiger partial charge in [-0.3, -0.25) is 9.59 Å². The summed E-state index contributed by atoms with van der Waals surface area (Å²) in [5.74, 6) is -0.197. The molecule has 1 atom stereocenters. The van der Waals surface area contributed by atoms with Gasteiger partial charge >= 0.3 is 5.97 Å². The molecule has 1 aliphatic rings. The van der Waals surface area contributed by atoms with E-state index < -0.39 is 5.97 Å². The molecule has 1 N–H and O–H groups in total. The highest BCUT2D eigenvalue weighted by atomic mass is 16.5. The van der Waals surface area contributed by atoms with E-state index in [9.17, 15) is 9.59 Å². The first-order chi connectivity index (χ1) is 12.6. The van der Waals surface area contributed by atoms with Gasteiger partial charge in [0.1, 0.15) is 5.75 Å². The Bertz CT molecular complexity index is 802. The van der Waals surface area contributed by atoms with Crippen molar-refractivity contribution in [2.45, 2.75) is 31.7 Å². The molecular formula is C21H23NO4. The van der Waals surface area contributed by atoms with Gasteiger partial charge in [0, 0.05) is 18.2 Å². The molecule has 0 aromatic heterocycles. The highest BCUT2D eigenvalue weighted by Gasteiger charge is 2.29. The summed E-state index contributed by atoms with van der Waals surface area (Å²) in [7, 11) is 1.62. The minimum Gasteiger partial charge on any atom is -0.497 e. The van der Waals surface area contributed by atoms with Crippen LogP contribution < -0.4 is 4.74 Å². The summed E-state index contributed by atoms with van der Waals surface area (Å²) in [6, 6.07) is 14.9. The van der Waals surface area contributed by atoms with Crippen molar-refractivity contribution in [3.05, 3.63) is 54.1 Å². The summed E-state index contributed by atoms with van der Waals surface area (Å²) in [6.07, 6.45) is 2.62. The van der Waals surface area contributed by atoms with E-state index in [1.54, 1.807) is 18.1 Å². The lowest BCUT2D eigenvalue weighted by atomic mass is 9.97. The average Bonchev–Trinajstić information content (AvgIpc) is 2.67. The third-order valence-electron chi connectivity index (χ3n) is 4.81. The fourth-order valence-corrected chi connectivity index (χ4v) is 3.48. The number of hydrogen-bond acceptors (Lipinski definition) is 3. The second kappa shape index (κ2) is 8.04. The monoisotopic (exact) mass is 353 g/mol. The lowest BCUT2D eigenvalue weighted by Crippen LogP contribution is -2.44. The van der Waals surface area contributed by atoms with Gasteiger partial charge in [-0.1, -0.05) is 24.3 Å². The van der Waals surface area contributed by atoms with Crippen LogP contribution in [0.4, 0.5) is 0 Å². The Morgan fingerprint density at radius 2 is 1.85 bits per heavy atom. The maximum Gasteiger partial charge on any atom is 0.305 e. The average molecular weight is 353 g/mol. The minimum absolute atomic E-state index is 0.00130. The Morgan fingerprint density at radius 3 is 2.58 bits per heavy atom. The van der Waals surface area contributed by atoms with Crippen molar-refractivity contribution in [3.63, 3.8) is 0 Å². The molecule has 0 saturated carbocycles. The van der Waals surface area contributed by atoms with E-state index in [2.05, 4.69) is 0 Å². The number of likely N-dealkylation sites (tertiary alicyclic amines) is 1. The summed E-state index contributed by atoms with van der Waals surface area (Å²) in [4.78, 5) is 25.9. The van der Waals surface area contributed by atoms with Gasteiger partial charge in [-0.25, -0.2) is 0 Å². The molecule has 1 aliphatic heterocycles. The quantitative estimate of drug-likeness (QED) is 0.887. The summed E-state index contributed by atoms with van der Waals surface area (Å²) in [6.45, 7) is 0.611. The SMILES string of the molecule is COc1cccc(-c2cccc(C(=O)N3CCCC[C@H]3CC(=O)O)c2)c1.